The van der Waals surface area contributed by atoms with Crippen molar-refractivity contribution in [3.63, 3.8) is 0 Å². The van der Waals surface area contributed by atoms with Gasteiger partial charge in [0, 0.05) is 26.0 Å². The minimum absolute atomic E-state index is 0.0781. The van der Waals surface area contributed by atoms with Crippen molar-refractivity contribution in [1.29, 1.82) is 0 Å². The fourth-order valence-corrected chi connectivity index (χ4v) is 1.97. The van der Waals surface area contributed by atoms with Gasteiger partial charge in [-0.05, 0) is 25.5 Å². The van der Waals surface area contributed by atoms with Gasteiger partial charge in [-0.25, -0.2) is 0 Å². The molecule has 0 aliphatic rings. The van der Waals surface area contributed by atoms with Crippen molar-refractivity contribution in [2.45, 2.75) is 13.8 Å². The topological polar surface area (TPSA) is 26.9 Å². The third kappa shape index (κ3) is 1.02. The smallest absolute Gasteiger partial charge is 0.259 e. The molecular weight excluding hydrogens is 176 g/mol. The number of aryl methyl sites for hydroxylation is 4. The van der Waals surface area contributed by atoms with E-state index in [0.29, 0.717) is 0 Å². The summed E-state index contributed by atoms with van der Waals surface area (Å²) < 4.78 is 3.70. The summed E-state index contributed by atoms with van der Waals surface area (Å²) in [5, 5.41) is 0.813. The first-order valence-corrected chi connectivity index (χ1v) is 4.64. The maximum atomic E-state index is 11.8. The molecule has 0 radical (unpaired) electrons. The summed E-state index contributed by atoms with van der Waals surface area (Å²) in [5.41, 5.74) is 3.38. The maximum Gasteiger partial charge on any atom is 0.259 e. The van der Waals surface area contributed by atoms with E-state index < -0.39 is 0 Å². The molecule has 2 heterocycles. The first-order valence-electron chi connectivity index (χ1n) is 4.64. The van der Waals surface area contributed by atoms with Gasteiger partial charge in [-0.2, -0.15) is 0 Å². The van der Waals surface area contributed by atoms with Crippen LogP contribution in [0.2, 0.25) is 0 Å². The standard InChI is InChI=1S/C11H14N2O/c1-7-6-12(3)11(14)9-5-8(2)13(4)10(7)9/h5-6H,1-4H3. The van der Waals surface area contributed by atoms with Gasteiger partial charge in [-0.3, -0.25) is 4.79 Å². The number of hydrogen-bond acceptors (Lipinski definition) is 1. The van der Waals surface area contributed by atoms with Gasteiger partial charge < -0.3 is 9.13 Å². The monoisotopic (exact) mass is 190 g/mol. The normalized spacial score (nSPS) is 11.1. The highest BCUT2D eigenvalue weighted by Gasteiger charge is 2.09. The van der Waals surface area contributed by atoms with Crippen LogP contribution in [0, 0.1) is 13.8 Å². The Morgan fingerprint density at radius 1 is 1.21 bits per heavy atom. The molecule has 2 rings (SSSR count). The number of pyridine rings is 1. The molecule has 3 heteroatoms. The van der Waals surface area contributed by atoms with Crippen LogP contribution in [0.25, 0.3) is 10.9 Å². The Bertz CT molecular complexity index is 561. The molecule has 0 saturated carbocycles. The van der Waals surface area contributed by atoms with Crippen molar-refractivity contribution in [1.82, 2.24) is 9.13 Å². The molecular formula is C11H14N2O. The van der Waals surface area contributed by atoms with E-state index in [0.717, 1.165) is 22.2 Å². The molecule has 3 nitrogen and oxygen atoms in total. The molecule has 2 aromatic rings. The van der Waals surface area contributed by atoms with Crippen molar-refractivity contribution in [3.8, 4) is 0 Å². The number of fused-ring (bicyclic) bond motifs is 1. The fourth-order valence-electron chi connectivity index (χ4n) is 1.97. The Hall–Kier alpha value is -1.51. The van der Waals surface area contributed by atoms with Crippen LogP contribution < -0.4 is 5.56 Å². The Morgan fingerprint density at radius 2 is 1.86 bits per heavy atom. The SMILES string of the molecule is Cc1cn(C)c(=O)c2cc(C)n(C)c12. The first-order chi connectivity index (χ1) is 6.52. The van der Waals surface area contributed by atoms with Gasteiger partial charge in [0.25, 0.3) is 5.56 Å². The average molecular weight is 190 g/mol. The van der Waals surface area contributed by atoms with Crippen LogP contribution in [0.3, 0.4) is 0 Å². The van der Waals surface area contributed by atoms with E-state index in [2.05, 4.69) is 4.57 Å². The van der Waals surface area contributed by atoms with E-state index in [-0.39, 0.29) is 5.56 Å². The second-order valence-electron chi connectivity index (χ2n) is 3.84. The van der Waals surface area contributed by atoms with Gasteiger partial charge in [-0.1, -0.05) is 0 Å². The molecule has 74 valence electrons. The third-order valence-corrected chi connectivity index (χ3v) is 2.78. The molecule has 0 N–H and O–H groups in total. The van der Waals surface area contributed by atoms with Crippen molar-refractivity contribution in [2.75, 3.05) is 0 Å². The molecule has 0 aliphatic carbocycles. The summed E-state index contributed by atoms with van der Waals surface area (Å²) in [6.07, 6.45) is 1.88. The average Bonchev–Trinajstić information content (AvgIpc) is 2.40. The molecule has 0 bridgehead atoms. The minimum atomic E-state index is 0.0781. The molecule has 0 fully saturated rings. The van der Waals surface area contributed by atoms with Gasteiger partial charge in [0.2, 0.25) is 0 Å². The Balaban J connectivity index is 3.10. The zero-order chi connectivity index (χ0) is 10.5. The Morgan fingerprint density at radius 3 is 2.50 bits per heavy atom. The van der Waals surface area contributed by atoms with E-state index in [1.165, 1.54) is 0 Å². The molecule has 0 aliphatic heterocycles. The fraction of sp³-hybridized carbons (Fsp3) is 0.364. The number of hydrogen-bond donors (Lipinski definition) is 0. The number of aromatic nitrogens is 2. The minimum Gasteiger partial charge on any atom is -0.348 e. The molecule has 0 atom stereocenters. The van der Waals surface area contributed by atoms with Gasteiger partial charge in [0.1, 0.15) is 0 Å². The van der Waals surface area contributed by atoms with Gasteiger partial charge >= 0.3 is 0 Å². The highest BCUT2D eigenvalue weighted by molar-refractivity contribution is 5.83. The van der Waals surface area contributed by atoms with E-state index >= 15 is 0 Å². The van der Waals surface area contributed by atoms with Crippen LogP contribution in [0.1, 0.15) is 11.3 Å². The largest absolute Gasteiger partial charge is 0.348 e. The molecule has 0 saturated heterocycles. The summed E-state index contributed by atoms with van der Waals surface area (Å²) in [4.78, 5) is 11.8. The summed E-state index contributed by atoms with van der Waals surface area (Å²) in [6, 6.07) is 1.95. The summed E-state index contributed by atoms with van der Waals surface area (Å²) in [6.45, 7) is 4.04. The molecule has 0 spiro atoms. The van der Waals surface area contributed by atoms with E-state index in [4.69, 9.17) is 0 Å². The predicted molar refractivity (Wildman–Crippen MR) is 57.6 cm³/mol. The lowest BCUT2D eigenvalue weighted by atomic mass is 10.2. The Labute approximate surface area is 82.6 Å². The van der Waals surface area contributed by atoms with Crippen LogP contribution in [0.15, 0.2) is 17.1 Å². The van der Waals surface area contributed by atoms with Crippen LogP contribution in [0.4, 0.5) is 0 Å². The summed E-state index contributed by atoms with van der Waals surface area (Å²) in [7, 11) is 3.78. The lowest BCUT2D eigenvalue weighted by molar-refractivity contribution is 0.857. The van der Waals surface area contributed by atoms with Crippen LogP contribution in [-0.2, 0) is 14.1 Å². The highest BCUT2D eigenvalue weighted by atomic mass is 16.1. The Kier molecular flexibility index (Phi) is 1.77. The van der Waals surface area contributed by atoms with E-state index in [1.807, 2.05) is 33.2 Å². The van der Waals surface area contributed by atoms with Gasteiger partial charge in [-0.15, -0.1) is 0 Å². The van der Waals surface area contributed by atoms with Crippen molar-refractivity contribution in [3.05, 3.63) is 33.9 Å². The second-order valence-corrected chi connectivity index (χ2v) is 3.84. The number of rotatable bonds is 0. The second kappa shape index (κ2) is 2.74. The predicted octanol–water partition coefficient (Wildman–Crippen LogP) is 1.49. The first kappa shape index (κ1) is 9.06. The highest BCUT2D eigenvalue weighted by Crippen LogP contribution is 2.17. The number of nitrogens with zero attached hydrogens (tertiary/aromatic N) is 2. The van der Waals surface area contributed by atoms with Crippen molar-refractivity contribution < 1.29 is 0 Å². The van der Waals surface area contributed by atoms with Crippen LogP contribution in [-0.4, -0.2) is 9.13 Å². The molecule has 0 amide bonds. The zero-order valence-corrected chi connectivity index (χ0v) is 8.96. The summed E-state index contributed by atoms with van der Waals surface area (Å²) in [5.74, 6) is 0. The molecule has 14 heavy (non-hydrogen) atoms. The van der Waals surface area contributed by atoms with Gasteiger partial charge in [0.15, 0.2) is 0 Å². The summed E-state index contributed by atoms with van der Waals surface area (Å²) >= 11 is 0. The van der Waals surface area contributed by atoms with Gasteiger partial charge in [0.05, 0.1) is 10.9 Å². The third-order valence-electron chi connectivity index (χ3n) is 2.78. The lowest BCUT2D eigenvalue weighted by Crippen LogP contribution is -2.16. The molecule has 0 aromatic carbocycles. The van der Waals surface area contributed by atoms with E-state index in [1.54, 1.807) is 11.6 Å². The quantitative estimate of drug-likeness (QED) is 0.618. The molecule has 0 unspecified atom stereocenters. The van der Waals surface area contributed by atoms with Crippen LogP contribution in [0.5, 0.6) is 0 Å². The zero-order valence-electron chi connectivity index (χ0n) is 8.96. The van der Waals surface area contributed by atoms with Crippen molar-refractivity contribution in [2.24, 2.45) is 14.1 Å². The lowest BCUT2D eigenvalue weighted by Gasteiger charge is -2.04. The molecule has 2 aromatic heterocycles. The van der Waals surface area contributed by atoms with Crippen molar-refractivity contribution >= 4 is 10.9 Å². The maximum absolute atomic E-state index is 11.8. The van der Waals surface area contributed by atoms with E-state index in [9.17, 15) is 4.79 Å². The van der Waals surface area contributed by atoms with Crippen LogP contribution >= 0.6 is 0 Å².